The summed E-state index contributed by atoms with van der Waals surface area (Å²) in [6.45, 7) is -0.394. The van der Waals surface area contributed by atoms with E-state index in [-0.39, 0.29) is 15.9 Å². The van der Waals surface area contributed by atoms with E-state index < -0.39 is 24.5 Å². The molecule has 94 valence electrons. The van der Waals surface area contributed by atoms with Gasteiger partial charge in [-0.25, -0.2) is 4.79 Å². The van der Waals surface area contributed by atoms with Crippen molar-refractivity contribution < 1.29 is 19.8 Å². The molecule has 1 amide bonds. The van der Waals surface area contributed by atoms with Crippen molar-refractivity contribution >= 4 is 35.1 Å². The first kappa shape index (κ1) is 13.8. The predicted octanol–water partition coefficient (Wildman–Crippen LogP) is 0.507. The zero-order valence-corrected chi connectivity index (χ0v) is 10.3. The van der Waals surface area contributed by atoms with Gasteiger partial charge in [-0.2, -0.15) is 0 Å². The monoisotopic (exact) mass is 280 g/mol. The number of carboxylic acid groups (broad SMARTS) is 1. The van der Waals surface area contributed by atoms with E-state index in [9.17, 15) is 9.59 Å². The van der Waals surface area contributed by atoms with Crippen LogP contribution in [0.1, 0.15) is 10.5 Å². The molecule has 6 nitrogen and oxygen atoms in total. The lowest BCUT2D eigenvalue weighted by molar-refractivity contribution is -0.146. The molecule has 0 aliphatic rings. The van der Waals surface area contributed by atoms with Gasteiger partial charge in [0.05, 0.1) is 11.6 Å². The second-order valence-corrected chi connectivity index (χ2v) is 4.06. The van der Waals surface area contributed by atoms with Crippen LogP contribution in [-0.4, -0.2) is 39.3 Å². The topological polar surface area (TPSA) is 91.6 Å². The van der Waals surface area contributed by atoms with Gasteiger partial charge in [0.2, 0.25) is 0 Å². The predicted molar refractivity (Wildman–Crippen MR) is 61.4 cm³/mol. The molecular weight excluding hydrogens is 271 g/mol. The van der Waals surface area contributed by atoms with Gasteiger partial charge in [-0.3, -0.25) is 4.79 Å². The minimum Gasteiger partial charge on any atom is -0.479 e. The standard InChI is InChI=1S/C9H10Cl2N2O4/c1-13-5(2-4(10)7(13)11)8(15)12-3-6(14)9(16)17/h2,6,14H,3H2,1H3,(H,12,15)(H,16,17). The van der Waals surface area contributed by atoms with Crippen LogP contribution < -0.4 is 5.32 Å². The van der Waals surface area contributed by atoms with Crippen LogP contribution in [0.5, 0.6) is 0 Å². The van der Waals surface area contributed by atoms with Gasteiger partial charge in [0.25, 0.3) is 5.91 Å². The Bertz CT molecular complexity index is 458. The minimum absolute atomic E-state index is 0.178. The SMILES string of the molecule is Cn1c(C(=O)NCC(O)C(=O)O)cc(Cl)c1Cl. The normalized spacial score (nSPS) is 12.2. The Morgan fingerprint density at radius 3 is 2.53 bits per heavy atom. The molecule has 1 atom stereocenters. The maximum Gasteiger partial charge on any atom is 0.334 e. The van der Waals surface area contributed by atoms with Crippen LogP contribution in [0.2, 0.25) is 10.2 Å². The largest absolute Gasteiger partial charge is 0.479 e. The molecule has 0 radical (unpaired) electrons. The summed E-state index contributed by atoms with van der Waals surface area (Å²) >= 11 is 11.5. The average molecular weight is 281 g/mol. The molecule has 3 N–H and O–H groups in total. The Morgan fingerprint density at radius 2 is 2.12 bits per heavy atom. The molecule has 1 heterocycles. The van der Waals surface area contributed by atoms with Gasteiger partial charge in [0.1, 0.15) is 10.8 Å². The van der Waals surface area contributed by atoms with Crippen molar-refractivity contribution in [2.24, 2.45) is 7.05 Å². The number of hydrogen-bond donors (Lipinski definition) is 3. The Hall–Kier alpha value is -1.24. The number of carbonyl (C=O) groups excluding carboxylic acids is 1. The fourth-order valence-electron chi connectivity index (χ4n) is 1.13. The number of carboxylic acids is 1. The van der Waals surface area contributed by atoms with E-state index in [2.05, 4.69) is 5.32 Å². The summed E-state index contributed by atoms with van der Waals surface area (Å²) < 4.78 is 1.35. The highest BCUT2D eigenvalue weighted by atomic mass is 35.5. The third kappa shape index (κ3) is 3.12. The fourth-order valence-corrected chi connectivity index (χ4v) is 1.50. The summed E-state index contributed by atoms with van der Waals surface area (Å²) in [5.41, 5.74) is 0.178. The number of aliphatic hydroxyl groups is 1. The number of aliphatic carboxylic acids is 1. The molecule has 8 heteroatoms. The fraction of sp³-hybridized carbons (Fsp3) is 0.333. The van der Waals surface area contributed by atoms with Gasteiger partial charge in [-0.1, -0.05) is 23.2 Å². The number of aromatic nitrogens is 1. The maximum absolute atomic E-state index is 11.6. The number of carbonyl (C=O) groups is 2. The third-order valence-corrected chi connectivity index (χ3v) is 2.93. The number of rotatable bonds is 4. The molecule has 1 unspecified atom stereocenters. The first-order chi connectivity index (χ1) is 7.84. The molecule has 0 aromatic carbocycles. The maximum atomic E-state index is 11.6. The number of hydrogen-bond acceptors (Lipinski definition) is 3. The number of amides is 1. The highest BCUT2D eigenvalue weighted by molar-refractivity contribution is 6.41. The van der Waals surface area contributed by atoms with Crippen LogP contribution in [0, 0.1) is 0 Å². The zero-order chi connectivity index (χ0) is 13.2. The summed E-state index contributed by atoms with van der Waals surface area (Å²) in [6, 6.07) is 1.35. The Kier molecular flexibility index (Phi) is 4.39. The van der Waals surface area contributed by atoms with E-state index in [4.69, 9.17) is 33.4 Å². The quantitative estimate of drug-likeness (QED) is 0.749. The minimum atomic E-state index is -1.65. The van der Waals surface area contributed by atoms with Crippen molar-refractivity contribution in [2.45, 2.75) is 6.10 Å². The molecule has 17 heavy (non-hydrogen) atoms. The number of nitrogens with zero attached hydrogens (tertiary/aromatic N) is 1. The van der Waals surface area contributed by atoms with Crippen molar-refractivity contribution in [2.75, 3.05) is 6.54 Å². The van der Waals surface area contributed by atoms with Gasteiger partial charge in [-0.15, -0.1) is 0 Å². The number of halogens is 2. The molecule has 0 aliphatic heterocycles. The van der Waals surface area contributed by atoms with Crippen molar-refractivity contribution in [3.8, 4) is 0 Å². The summed E-state index contributed by atoms with van der Waals surface area (Å²) in [4.78, 5) is 21.9. The molecule has 1 aromatic heterocycles. The average Bonchev–Trinajstić information content (AvgIpc) is 2.53. The summed E-state index contributed by atoms with van der Waals surface area (Å²) in [5.74, 6) is -1.98. The molecule has 1 rings (SSSR count). The van der Waals surface area contributed by atoms with Crippen LogP contribution in [0.25, 0.3) is 0 Å². The van der Waals surface area contributed by atoms with Crippen LogP contribution >= 0.6 is 23.2 Å². The Morgan fingerprint density at radius 1 is 1.53 bits per heavy atom. The third-order valence-electron chi connectivity index (χ3n) is 2.09. The van der Waals surface area contributed by atoms with E-state index in [0.29, 0.717) is 0 Å². The van der Waals surface area contributed by atoms with Gasteiger partial charge in [0.15, 0.2) is 6.10 Å². The summed E-state index contributed by atoms with van der Waals surface area (Å²) in [5, 5.41) is 20.1. The van der Waals surface area contributed by atoms with Crippen LogP contribution in [0.3, 0.4) is 0 Å². The lowest BCUT2D eigenvalue weighted by Gasteiger charge is -2.08. The Labute approximate surface area is 107 Å². The molecular formula is C9H10Cl2N2O4. The first-order valence-corrected chi connectivity index (χ1v) is 5.30. The lowest BCUT2D eigenvalue weighted by atomic mass is 10.3. The second kappa shape index (κ2) is 5.39. The van der Waals surface area contributed by atoms with Crippen molar-refractivity contribution in [3.63, 3.8) is 0 Å². The van der Waals surface area contributed by atoms with E-state index >= 15 is 0 Å². The molecule has 0 saturated carbocycles. The van der Waals surface area contributed by atoms with Gasteiger partial charge in [-0.05, 0) is 6.07 Å². The van der Waals surface area contributed by atoms with E-state index in [1.54, 1.807) is 0 Å². The van der Waals surface area contributed by atoms with Crippen LogP contribution in [0.15, 0.2) is 6.07 Å². The van der Waals surface area contributed by atoms with Gasteiger partial charge >= 0.3 is 5.97 Å². The molecule has 0 bridgehead atoms. The highest BCUT2D eigenvalue weighted by Crippen LogP contribution is 2.24. The lowest BCUT2D eigenvalue weighted by Crippen LogP contribution is -2.37. The number of aliphatic hydroxyl groups excluding tert-OH is 1. The number of nitrogens with one attached hydrogen (secondary N) is 1. The molecule has 0 fully saturated rings. The first-order valence-electron chi connectivity index (χ1n) is 4.54. The highest BCUT2D eigenvalue weighted by Gasteiger charge is 2.18. The van der Waals surface area contributed by atoms with E-state index in [0.717, 1.165) is 0 Å². The summed E-state index contributed by atoms with van der Waals surface area (Å²) in [6.07, 6.45) is -1.65. The zero-order valence-electron chi connectivity index (χ0n) is 8.78. The van der Waals surface area contributed by atoms with Crippen molar-refractivity contribution in [1.82, 2.24) is 9.88 Å². The summed E-state index contributed by atoms with van der Waals surface area (Å²) in [7, 11) is 1.54. The van der Waals surface area contributed by atoms with Crippen LogP contribution in [-0.2, 0) is 11.8 Å². The van der Waals surface area contributed by atoms with E-state index in [1.807, 2.05) is 0 Å². The smallest absolute Gasteiger partial charge is 0.334 e. The molecule has 0 aliphatic carbocycles. The second-order valence-electron chi connectivity index (χ2n) is 3.29. The van der Waals surface area contributed by atoms with Crippen molar-refractivity contribution in [1.29, 1.82) is 0 Å². The van der Waals surface area contributed by atoms with Gasteiger partial charge in [0, 0.05) is 7.05 Å². The molecule has 0 saturated heterocycles. The molecule has 1 aromatic rings. The van der Waals surface area contributed by atoms with Crippen molar-refractivity contribution in [3.05, 3.63) is 21.9 Å². The Balaban J connectivity index is 2.71. The van der Waals surface area contributed by atoms with Crippen LogP contribution in [0.4, 0.5) is 0 Å². The molecule has 0 spiro atoms. The van der Waals surface area contributed by atoms with Gasteiger partial charge < -0.3 is 20.1 Å². The van der Waals surface area contributed by atoms with E-state index in [1.165, 1.54) is 17.7 Å².